The molecule has 14 heavy (non-hydrogen) atoms. The topological polar surface area (TPSA) is 67.5 Å². The molecular formula is C10H17N3O. The van der Waals surface area contributed by atoms with Crippen LogP contribution in [0.1, 0.15) is 33.1 Å². The van der Waals surface area contributed by atoms with Crippen LogP contribution in [0.2, 0.25) is 0 Å². The molecule has 3 N–H and O–H groups in total. The molecule has 1 aliphatic heterocycles. The smallest absolute Gasteiger partial charge is 0.343 e. The van der Waals surface area contributed by atoms with Gasteiger partial charge in [0, 0.05) is 0 Å². The summed E-state index contributed by atoms with van der Waals surface area (Å²) in [5.74, 6) is 1.46. The summed E-state index contributed by atoms with van der Waals surface area (Å²) < 4.78 is 0. The Labute approximate surface area is 84.0 Å². The number of aliphatic imine (C=N–C) groups is 1. The number of carbonyl (C=O) groups is 1. The minimum Gasteiger partial charge on any atom is -0.385 e. The number of amides is 2. The fraction of sp³-hybridized carbons (Fsp3) is 0.800. The molecule has 3 atom stereocenters. The molecule has 4 heteroatoms. The third-order valence-corrected chi connectivity index (χ3v) is 3.87. The van der Waals surface area contributed by atoms with E-state index in [9.17, 15) is 4.79 Å². The molecule has 1 heterocycles. The second-order valence-electron chi connectivity index (χ2n) is 4.56. The lowest BCUT2D eigenvalue weighted by Crippen LogP contribution is -2.59. The van der Waals surface area contributed by atoms with Crippen molar-refractivity contribution in [2.24, 2.45) is 22.6 Å². The van der Waals surface area contributed by atoms with Gasteiger partial charge in [0.15, 0.2) is 0 Å². The molecule has 0 aromatic carbocycles. The molecule has 1 saturated carbocycles. The number of rotatable bonds is 0. The minimum absolute atomic E-state index is 0.275. The van der Waals surface area contributed by atoms with Crippen molar-refractivity contribution < 1.29 is 4.79 Å². The third kappa shape index (κ3) is 1.13. The summed E-state index contributed by atoms with van der Waals surface area (Å²) in [6, 6.07) is -0.275. The van der Waals surface area contributed by atoms with Gasteiger partial charge in [-0.1, -0.05) is 26.7 Å². The van der Waals surface area contributed by atoms with Crippen molar-refractivity contribution in [2.75, 3.05) is 0 Å². The first-order valence-corrected chi connectivity index (χ1v) is 5.23. The zero-order valence-electron chi connectivity index (χ0n) is 8.71. The summed E-state index contributed by atoms with van der Waals surface area (Å²) in [7, 11) is 0. The SMILES string of the molecule is CC1CCCC2(NC(=O)N=C2N)C1C. The maximum Gasteiger partial charge on any atom is 0.343 e. The average molecular weight is 195 g/mol. The normalized spacial score (nSPS) is 42.4. The number of nitrogens with one attached hydrogen (secondary N) is 1. The summed E-state index contributed by atoms with van der Waals surface area (Å²) >= 11 is 0. The lowest BCUT2D eigenvalue weighted by atomic mass is 9.68. The number of carbonyl (C=O) groups excluding carboxylic acids is 1. The van der Waals surface area contributed by atoms with Crippen LogP contribution in [0.25, 0.3) is 0 Å². The Balaban J connectivity index is 2.31. The van der Waals surface area contributed by atoms with Crippen LogP contribution >= 0.6 is 0 Å². The van der Waals surface area contributed by atoms with Gasteiger partial charge >= 0.3 is 6.03 Å². The van der Waals surface area contributed by atoms with Crippen molar-refractivity contribution in [1.29, 1.82) is 0 Å². The number of hydrogen-bond donors (Lipinski definition) is 2. The highest BCUT2D eigenvalue weighted by atomic mass is 16.2. The number of nitrogens with zero attached hydrogens (tertiary/aromatic N) is 1. The van der Waals surface area contributed by atoms with Crippen LogP contribution in [-0.4, -0.2) is 17.4 Å². The zero-order chi connectivity index (χ0) is 10.3. The predicted octanol–water partition coefficient (Wildman–Crippen LogP) is 1.26. The van der Waals surface area contributed by atoms with E-state index in [2.05, 4.69) is 24.2 Å². The summed E-state index contributed by atoms with van der Waals surface area (Å²) in [5.41, 5.74) is 5.52. The predicted molar refractivity (Wildman–Crippen MR) is 55.1 cm³/mol. The molecule has 1 spiro atoms. The molecule has 0 aromatic rings. The summed E-state index contributed by atoms with van der Waals surface area (Å²) in [5, 5.41) is 2.93. The van der Waals surface area contributed by atoms with Crippen molar-refractivity contribution >= 4 is 11.9 Å². The first kappa shape index (κ1) is 9.49. The number of hydrogen-bond acceptors (Lipinski definition) is 2. The molecule has 2 aliphatic rings. The van der Waals surface area contributed by atoms with Gasteiger partial charge in [0.05, 0.1) is 0 Å². The van der Waals surface area contributed by atoms with E-state index < -0.39 is 0 Å². The van der Waals surface area contributed by atoms with Crippen LogP contribution in [0.3, 0.4) is 0 Å². The Morgan fingerprint density at radius 3 is 2.86 bits per heavy atom. The van der Waals surface area contributed by atoms with E-state index >= 15 is 0 Å². The molecule has 2 rings (SSSR count). The molecule has 0 bridgehead atoms. The molecule has 0 saturated heterocycles. The summed E-state index contributed by atoms with van der Waals surface area (Å²) in [4.78, 5) is 15.0. The lowest BCUT2D eigenvalue weighted by molar-refractivity contribution is 0.171. The van der Waals surface area contributed by atoms with Gasteiger partial charge in [-0.05, 0) is 18.3 Å². The largest absolute Gasteiger partial charge is 0.385 e. The second-order valence-corrected chi connectivity index (χ2v) is 4.56. The molecule has 1 fully saturated rings. The molecule has 3 unspecified atom stereocenters. The van der Waals surface area contributed by atoms with Crippen molar-refractivity contribution in [3.8, 4) is 0 Å². The fourth-order valence-corrected chi connectivity index (χ4v) is 2.70. The minimum atomic E-state index is -0.339. The Morgan fingerprint density at radius 2 is 2.29 bits per heavy atom. The maximum atomic E-state index is 11.2. The van der Waals surface area contributed by atoms with Crippen LogP contribution in [0.5, 0.6) is 0 Å². The van der Waals surface area contributed by atoms with Crippen molar-refractivity contribution in [3.05, 3.63) is 0 Å². The highest BCUT2D eigenvalue weighted by Gasteiger charge is 2.48. The van der Waals surface area contributed by atoms with E-state index in [4.69, 9.17) is 5.73 Å². The van der Waals surface area contributed by atoms with Gasteiger partial charge in [0.25, 0.3) is 0 Å². The van der Waals surface area contributed by atoms with Gasteiger partial charge in [-0.3, -0.25) is 0 Å². The van der Waals surface area contributed by atoms with Crippen LogP contribution < -0.4 is 11.1 Å². The quantitative estimate of drug-likeness (QED) is 0.611. The number of amidine groups is 1. The Kier molecular flexibility index (Phi) is 2.01. The monoisotopic (exact) mass is 195 g/mol. The molecule has 2 amide bonds. The standard InChI is InChI=1S/C10H17N3O/c1-6-4-3-5-10(7(6)2)8(11)12-9(14)13-10/h6-7H,3-5H2,1-2H3,(H3,11,12,13,14). The van der Waals surface area contributed by atoms with Gasteiger partial charge in [-0.25, -0.2) is 4.79 Å². The van der Waals surface area contributed by atoms with Gasteiger partial charge in [0.1, 0.15) is 11.4 Å². The van der Waals surface area contributed by atoms with Crippen molar-refractivity contribution in [3.63, 3.8) is 0 Å². The van der Waals surface area contributed by atoms with E-state index in [-0.39, 0.29) is 11.6 Å². The van der Waals surface area contributed by atoms with Gasteiger partial charge < -0.3 is 11.1 Å². The highest BCUT2D eigenvalue weighted by molar-refractivity contribution is 6.06. The summed E-state index contributed by atoms with van der Waals surface area (Å²) in [6.45, 7) is 4.36. The number of nitrogens with two attached hydrogens (primary N) is 1. The van der Waals surface area contributed by atoms with Crippen LogP contribution in [-0.2, 0) is 0 Å². The second kappa shape index (κ2) is 2.97. The van der Waals surface area contributed by atoms with Crippen LogP contribution in [0.15, 0.2) is 4.99 Å². The lowest BCUT2D eigenvalue weighted by Gasteiger charge is -2.42. The van der Waals surface area contributed by atoms with Crippen LogP contribution in [0, 0.1) is 11.8 Å². The van der Waals surface area contributed by atoms with Crippen molar-refractivity contribution in [1.82, 2.24) is 5.32 Å². The van der Waals surface area contributed by atoms with Crippen LogP contribution in [0.4, 0.5) is 4.79 Å². The third-order valence-electron chi connectivity index (χ3n) is 3.87. The maximum absolute atomic E-state index is 11.2. The molecule has 0 aromatic heterocycles. The molecule has 78 valence electrons. The molecule has 1 aliphatic carbocycles. The zero-order valence-corrected chi connectivity index (χ0v) is 8.71. The first-order valence-electron chi connectivity index (χ1n) is 5.23. The molecular weight excluding hydrogens is 178 g/mol. The first-order chi connectivity index (χ1) is 6.56. The highest BCUT2D eigenvalue weighted by Crippen LogP contribution is 2.39. The Bertz CT molecular complexity index is 300. The molecule has 4 nitrogen and oxygen atoms in total. The Morgan fingerprint density at radius 1 is 1.57 bits per heavy atom. The van der Waals surface area contributed by atoms with E-state index in [0.717, 1.165) is 12.8 Å². The summed E-state index contributed by atoms with van der Waals surface area (Å²) in [6.07, 6.45) is 3.26. The molecule has 0 radical (unpaired) electrons. The fourth-order valence-electron chi connectivity index (χ4n) is 2.70. The van der Waals surface area contributed by atoms with E-state index in [0.29, 0.717) is 17.7 Å². The van der Waals surface area contributed by atoms with Crippen molar-refractivity contribution in [2.45, 2.75) is 38.6 Å². The van der Waals surface area contributed by atoms with Gasteiger partial charge in [0.2, 0.25) is 0 Å². The van der Waals surface area contributed by atoms with E-state index in [1.807, 2.05) is 0 Å². The van der Waals surface area contributed by atoms with Gasteiger partial charge in [-0.15, -0.1) is 0 Å². The Hall–Kier alpha value is -1.06. The average Bonchev–Trinajstić information content (AvgIpc) is 2.39. The van der Waals surface area contributed by atoms with E-state index in [1.54, 1.807) is 0 Å². The number of urea groups is 1. The van der Waals surface area contributed by atoms with Gasteiger partial charge in [-0.2, -0.15) is 4.99 Å². The van der Waals surface area contributed by atoms with E-state index in [1.165, 1.54) is 6.42 Å².